The van der Waals surface area contributed by atoms with E-state index in [4.69, 9.17) is 4.74 Å². The van der Waals surface area contributed by atoms with Gasteiger partial charge in [0, 0.05) is 22.5 Å². The Morgan fingerprint density at radius 3 is 2.55 bits per heavy atom. The molecule has 3 aromatic carbocycles. The molecule has 4 aromatic rings. The smallest absolute Gasteiger partial charge is 0.293 e. The van der Waals surface area contributed by atoms with Crippen molar-refractivity contribution < 1.29 is 14.3 Å². The van der Waals surface area contributed by atoms with Crippen LogP contribution in [0.3, 0.4) is 0 Å². The first-order valence-corrected chi connectivity index (χ1v) is 9.19. The SMILES string of the molecule is O=C(NCC#CCOc1cccc2ccccc12)C(=O)c1c[nH]c2ccccc12. The summed E-state index contributed by atoms with van der Waals surface area (Å²) in [6, 6.07) is 21.1. The Morgan fingerprint density at radius 1 is 0.897 bits per heavy atom. The normalized spacial score (nSPS) is 10.3. The molecule has 0 atom stereocenters. The molecular weight excluding hydrogens is 364 g/mol. The van der Waals surface area contributed by atoms with Crippen molar-refractivity contribution in [2.75, 3.05) is 13.2 Å². The van der Waals surface area contributed by atoms with Crippen molar-refractivity contribution in [3.05, 3.63) is 78.5 Å². The molecule has 29 heavy (non-hydrogen) atoms. The highest BCUT2D eigenvalue weighted by molar-refractivity contribution is 6.45. The van der Waals surface area contributed by atoms with Crippen molar-refractivity contribution in [3.8, 4) is 17.6 Å². The van der Waals surface area contributed by atoms with Crippen molar-refractivity contribution in [2.45, 2.75) is 0 Å². The lowest BCUT2D eigenvalue weighted by Gasteiger charge is -2.06. The minimum atomic E-state index is -0.681. The van der Waals surface area contributed by atoms with E-state index in [-0.39, 0.29) is 13.2 Å². The monoisotopic (exact) mass is 382 g/mol. The molecule has 0 bridgehead atoms. The zero-order chi connectivity index (χ0) is 20.1. The van der Waals surface area contributed by atoms with Crippen LogP contribution in [-0.2, 0) is 4.79 Å². The summed E-state index contributed by atoms with van der Waals surface area (Å²) in [6.07, 6.45) is 1.55. The van der Waals surface area contributed by atoms with Crippen LogP contribution in [0.5, 0.6) is 5.75 Å². The molecule has 5 nitrogen and oxygen atoms in total. The second-order valence-corrected chi connectivity index (χ2v) is 6.38. The Kier molecular flexibility index (Phi) is 5.26. The van der Waals surface area contributed by atoms with E-state index in [0.717, 1.165) is 27.4 Å². The molecule has 0 aliphatic rings. The van der Waals surface area contributed by atoms with Gasteiger partial charge in [-0.1, -0.05) is 66.4 Å². The fraction of sp³-hybridized carbons (Fsp3) is 0.0833. The van der Waals surface area contributed by atoms with Gasteiger partial charge in [-0.25, -0.2) is 0 Å². The van der Waals surface area contributed by atoms with Crippen LogP contribution in [-0.4, -0.2) is 29.8 Å². The van der Waals surface area contributed by atoms with Gasteiger partial charge in [-0.3, -0.25) is 9.59 Å². The van der Waals surface area contributed by atoms with Crippen LogP contribution in [0.2, 0.25) is 0 Å². The van der Waals surface area contributed by atoms with Gasteiger partial charge in [-0.05, 0) is 17.5 Å². The van der Waals surface area contributed by atoms with Gasteiger partial charge in [-0.2, -0.15) is 0 Å². The van der Waals surface area contributed by atoms with Crippen LogP contribution in [0, 0.1) is 11.8 Å². The molecule has 0 radical (unpaired) electrons. The van der Waals surface area contributed by atoms with Gasteiger partial charge in [0.05, 0.1) is 12.1 Å². The van der Waals surface area contributed by atoms with Crippen LogP contribution in [0.4, 0.5) is 0 Å². The Morgan fingerprint density at radius 2 is 1.66 bits per heavy atom. The largest absolute Gasteiger partial charge is 0.480 e. The van der Waals surface area contributed by atoms with E-state index < -0.39 is 11.7 Å². The highest BCUT2D eigenvalue weighted by Crippen LogP contribution is 2.24. The van der Waals surface area contributed by atoms with Crippen molar-refractivity contribution >= 4 is 33.4 Å². The number of nitrogens with one attached hydrogen (secondary N) is 2. The lowest BCUT2D eigenvalue weighted by molar-refractivity contribution is -0.116. The number of ketones is 1. The van der Waals surface area contributed by atoms with Gasteiger partial charge in [0.1, 0.15) is 12.4 Å². The Hall–Kier alpha value is -4.04. The third-order valence-corrected chi connectivity index (χ3v) is 4.55. The number of aromatic nitrogens is 1. The van der Waals surface area contributed by atoms with Crippen LogP contribution >= 0.6 is 0 Å². The van der Waals surface area contributed by atoms with E-state index in [2.05, 4.69) is 22.1 Å². The zero-order valence-electron chi connectivity index (χ0n) is 15.6. The van der Waals surface area contributed by atoms with Crippen molar-refractivity contribution in [2.24, 2.45) is 0 Å². The Balaban J connectivity index is 1.31. The summed E-state index contributed by atoms with van der Waals surface area (Å²) in [6.45, 7) is 0.270. The Labute approximate surface area is 167 Å². The van der Waals surface area contributed by atoms with E-state index in [9.17, 15) is 9.59 Å². The standard InChI is InChI=1S/C24H18N2O3/c27-23(20-16-26-21-12-4-3-11-19(20)21)24(28)25-14-5-6-15-29-22-13-7-9-17-8-1-2-10-18(17)22/h1-4,7-13,16,26H,14-15H2,(H,25,28). The number of para-hydroxylation sites is 1. The maximum atomic E-state index is 12.3. The second kappa shape index (κ2) is 8.32. The van der Waals surface area contributed by atoms with Crippen LogP contribution in [0.1, 0.15) is 10.4 Å². The molecule has 4 rings (SSSR count). The van der Waals surface area contributed by atoms with Gasteiger partial charge < -0.3 is 15.0 Å². The third-order valence-electron chi connectivity index (χ3n) is 4.55. The average molecular weight is 382 g/mol. The molecule has 1 aromatic heterocycles. The molecule has 5 heteroatoms. The van der Waals surface area contributed by atoms with Crippen molar-refractivity contribution in [3.63, 3.8) is 0 Å². The number of carbonyl (C=O) groups excluding carboxylic acids is 2. The topological polar surface area (TPSA) is 71.2 Å². The molecule has 0 aliphatic heterocycles. The number of hydrogen-bond acceptors (Lipinski definition) is 3. The minimum absolute atomic E-state index is 0.0752. The van der Waals surface area contributed by atoms with E-state index in [1.165, 1.54) is 0 Å². The molecule has 0 saturated carbocycles. The van der Waals surface area contributed by atoms with E-state index in [0.29, 0.717) is 5.56 Å². The molecule has 1 amide bonds. The van der Waals surface area contributed by atoms with E-state index in [1.54, 1.807) is 12.3 Å². The summed E-state index contributed by atoms with van der Waals surface area (Å²) in [5.74, 6) is 5.15. The summed E-state index contributed by atoms with van der Waals surface area (Å²) in [5.41, 5.74) is 1.17. The molecule has 0 aliphatic carbocycles. The molecule has 1 heterocycles. The van der Waals surface area contributed by atoms with Gasteiger partial charge in [0.2, 0.25) is 0 Å². The highest BCUT2D eigenvalue weighted by atomic mass is 16.5. The number of Topliss-reactive ketones (excluding diaryl/α,β-unsaturated/α-hetero) is 1. The summed E-state index contributed by atoms with van der Waals surface area (Å²) < 4.78 is 5.72. The third kappa shape index (κ3) is 3.97. The summed E-state index contributed by atoms with van der Waals surface area (Å²) in [5, 5.41) is 5.38. The molecule has 0 saturated heterocycles. The van der Waals surface area contributed by atoms with Gasteiger partial charge in [0.15, 0.2) is 0 Å². The molecule has 142 valence electrons. The Bertz CT molecular complexity index is 1260. The zero-order valence-corrected chi connectivity index (χ0v) is 15.6. The molecule has 0 fully saturated rings. The number of rotatable bonds is 5. The summed E-state index contributed by atoms with van der Waals surface area (Å²) >= 11 is 0. The predicted molar refractivity (Wildman–Crippen MR) is 113 cm³/mol. The number of aromatic amines is 1. The lowest BCUT2D eigenvalue weighted by atomic mass is 10.1. The quantitative estimate of drug-likeness (QED) is 0.314. The number of ether oxygens (including phenoxy) is 1. The lowest BCUT2D eigenvalue weighted by Crippen LogP contribution is -2.31. The molecule has 0 unspecified atom stereocenters. The predicted octanol–water partition coefficient (Wildman–Crippen LogP) is 3.70. The fourth-order valence-electron chi connectivity index (χ4n) is 3.14. The average Bonchev–Trinajstić information content (AvgIpc) is 3.19. The number of benzene rings is 3. The number of amides is 1. The van der Waals surface area contributed by atoms with Crippen molar-refractivity contribution in [1.29, 1.82) is 0 Å². The van der Waals surface area contributed by atoms with Crippen LogP contribution < -0.4 is 10.1 Å². The van der Waals surface area contributed by atoms with Crippen molar-refractivity contribution in [1.82, 2.24) is 10.3 Å². The van der Waals surface area contributed by atoms with E-state index in [1.807, 2.05) is 60.7 Å². The summed E-state index contributed by atoms with van der Waals surface area (Å²) in [7, 11) is 0. The maximum Gasteiger partial charge on any atom is 0.293 e. The van der Waals surface area contributed by atoms with E-state index >= 15 is 0 Å². The minimum Gasteiger partial charge on any atom is -0.480 e. The number of fused-ring (bicyclic) bond motifs is 2. The first kappa shape index (κ1) is 18.3. The molecule has 2 N–H and O–H groups in total. The summed E-state index contributed by atoms with van der Waals surface area (Å²) in [4.78, 5) is 27.4. The number of carbonyl (C=O) groups is 2. The first-order chi connectivity index (χ1) is 14.2. The van der Waals surface area contributed by atoms with Crippen LogP contribution in [0.15, 0.2) is 72.9 Å². The second-order valence-electron chi connectivity index (χ2n) is 6.38. The van der Waals surface area contributed by atoms with Crippen LogP contribution in [0.25, 0.3) is 21.7 Å². The first-order valence-electron chi connectivity index (χ1n) is 9.19. The van der Waals surface area contributed by atoms with Gasteiger partial charge in [0.25, 0.3) is 11.7 Å². The molecule has 0 spiro atoms. The van der Waals surface area contributed by atoms with Gasteiger partial charge >= 0.3 is 0 Å². The number of H-pyrrole nitrogens is 1. The molecular formula is C24H18N2O3. The highest BCUT2D eigenvalue weighted by Gasteiger charge is 2.18. The fourth-order valence-corrected chi connectivity index (χ4v) is 3.14. The number of hydrogen-bond donors (Lipinski definition) is 2. The maximum absolute atomic E-state index is 12.3. The van der Waals surface area contributed by atoms with Gasteiger partial charge in [-0.15, -0.1) is 0 Å².